The molecular weight excluding hydrogens is 448 g/mol. The van der Waals surface area contributed by atoms with Crippen LogP contribution in [0.5, 0.6) is 11.5 Å². The number of carbonyl (C=O) groups is 3. The van der Waals surface area contributed by atoms with E-state index in [0.29, 0.717) is 17.1 Å². The third-order valence-corrected chi connectivity index (χ3v) is 4.92. The Kier molecular flexibility index (Phi) is 8.44. The van der Waals surface area contributed by atoms with Gasteiger partial charge < -0.3 is 33.5 Å². The molecule has 0 saturated carbocycles. The minimum atomic E-state index is -1.48. The van der Waals surface area contributed by atoms with Crippen LogP contribution in [0, 0.1) is 0 Å². The SMILES string of the molecule is COc1ccc(O[C@@H]2O[C@H](COC(=O)c3ccccc3)[C@@H](O)[C@H](OC(C)=O)[C@H]2OC(C)=O)cc1. The number of carbonyl (C=O) groups excluding carboxylic acids is 3. The highest BCUT2D eigenvalue weighted by Gasteiger charge is 2.51. The van der Waals surface area contributed by atoms with Crippen molar-refractivity contribution in [2.75, 3.05) is 13.7 Å². The van der Waals surface area contributed by atoms with Crippen LogP contribution in [0.1, 0.15) is 24.2 Å². The van der Waals surface area contributed by atoms with Crippen molar-refractivity contribution >= 4 is 17.9 Å². The van der Waals surface area contributed by atoms with Gasteiger partial charge in [0.2, 0.25) is 12.4 Å². The summed E-state index contributed by atoms with van der Waals surface area (Å²) >= 11 is 0. The number of aliphatic hydroxyl groups is 1. The van der Waals surface area contributed by atoms with Crippen molar-refractivity contribution < 1.29 is 47.9 Å². The number of hydrogen-bond donors (Lipinski definition) is 1. The van der Waals surface area contributed by atoms with Gasteiger partial charge >= 0.3 is 17.9 Å². The molecule has 0 radical (unpaired) electrons. The lowest BCUT2D eigenvalue weighted by Crippen LogP contribution is -2.62. The number of esters is 3. The highest BCUT2D eigenvalue weighted by atomic mass is 16.7. The van der Waals surface area contributed by atoms with Crippen molar-refractivity contribution in [3.05, 3.63) is 60.2 Å². The minimum Gasteiger partial charge on any atom is -0.497 e. The van der Waals surface area contributed by atoms with Crippen LogP contribution >= 0.6 is 0 Å². The van der Waals surface area contributed by atoms with Crippen molar-refractivity contribution in [3.63, 3.8) is 0 Å². The molecule has 0 bridgehead atoms. The molecule has 0 aromatic heterocycles. The smallest absolute Gasteiger partial charge is 0.338 e. The Labute approximate surface area is 196 Å². The second-order valence-electron chi connectivity index (χ2n) is 7.44. The monoisotopic (exact) mass is 474 g/mol. The molecule has 10 heteroatoms. The Balaban J connectivity index is 1.82. The van der Waals surface area contributed by atoms with E-state index < -0.39 is 48.6 Å². The molecule has 182 valence electrons. The summed E-state index contributed by atoms with van der Waals surface area (Å²) in [6.45, 7) is 1.94. The zero-order valence-corrected chi connectivity index (χ0v) is 18.9. The van der Waals surface area contributed by atoms with E-state index in [4.69, 9.17) is 28.4 Å². The Hall–Kier alpha value is -3.63. The van der Waals surface area contributed by atoms with Gasteiger partial charge in [0, 0.05) is 13.8 Å². The van der Waals surface area contributed by atoms with Crippen LogP contribution in [-0.4, -0.2) is 67.4 Å². The molecule has 0 aliphatic carbocycles. The van der Waals surface area contributed by atoms with Crippen LogP contribution in [0.4, 0.5) is 0 Å². The number of hydrogen-bond acceptors (Lipinski definition) is 10. The van der Waals surface area contributed by atoms with Crippen molar-refractivity contribution in [3.8, 4) is 11.5 Å². The van der Waals surface area contributed by atoms with Crippen molar-refractivity contribution in [2.45, 2.75) is 44.6 Å². The molecule has 1 aliphatic heterocycles. The molecule has 1 N–H and O–H groups in total. The molecule has 3 rings (SSSR count). The normalized spacial score (nSPS) is 23.9. The van der Waals surface area contributed by atoms with E-state index in [1.54, 1.807) is 54.6 Å². The summed E-state index contributed by atoms with van der Waals surface area (Å²) in [6.07, 6.45) is -6.54. The number of ether oxygens (including phenoxy) is 6. The fourth-order valence-electron chi connectivity index (χ4n) is 3.37. The largest absolute Gasteiger partial charge is 0.497 e. The molecule has 34 heavy (non-hydrogen) atoms. The summed E-state index contributed by atoms with van der Waals surface area (Å²) < 4.78 is 32.6. The Morgan fingerprint density at radius 2 is 1.47 bits per heavy atom. The molecule has 0 spiro atoms. The summed E-state index contributed by atoms with van der Waals surface area (Å²) in [7, 11) is 1.52. The summed E-state index contributed by atoms with van der Waals surface area (Å²) in [5.41, 5.74) is 0.313. The van der Waals surface area contributed by atoms with E-state index in [2.05, 4.69) is 0 Å². The predicted molar refractivity (Wildman–Crippen MR) is 116 cm³/mol. The van der Waals surface area contributed by atoms with Crippen LogP contribution in [0.25, 0.3) is 0 Å². The van der Waals surface area contributed by atoms with Crippen LogP contribution < -0.4 is 9.47 Å². The van der Waals surface area contributed by atoms with E-state index in [0.717, 1.165) is 13.8 Å². The lowest BCUT2D eigenvalue weighted by atomic mass is 9.98. The maximum absolute atomic E-state index is 12.3. The summed E-state index contributed by atoms with van der Waals surface area (Å²) in [5.74, 6) is -1.12. The zero-order chi connectivity index (χ0) is 24.7. The molecule has 1 heterocycles. The van der Waals surface area contributed by atoms with Gasteiger partial charge in [0.05, 0.1) is 12.7 Å². The second kappa shape index (κ2) is 11.5. The third kappa shape index (κ3) is 6.46. The topological polar surface area (TPSA) is 127 Å². The van der Waals surface area contributed by atoms with Crippen molar-refractivity contribution in [1.82, 2.24) is 0 Å². The number of benzene rings is 2. The predicted octanol–water partition coefficient (Wildman–Crippen LogP) is 1.88. The minimum absolute atomic E-state index is 0.313. The maximum atomic E-state index is 12.3. The molecule has 0 amide bonds. The second-order valence-corrected chi connectivity index (χ2v) is 7.44. The molecule has 5 atom stereocenters. The van der Waals surface area contributed by atoms with Crippen molar-refractivity contribution in [2.24, 2.45) is 0 Å². The summed E-state index contributed by atoms with van der Waals surface area (Å²) in [4.78, 5) is 35.8. The van der Waals surface area contributed by atoms with E-state index in [-0.39, 0.29) is 6.61 Å². The van der Waals surface area contributed by atoms with Gasteiger partial charge in [-0.3, -0.25) is 9.59 Å². The van der Waals surface area contributed by atoms with Crippen molar-refractivity contribution in [1.29, 1.82) is 0 Å². The molecule has 1 fully saturated rings. The van der Waals surface area contributed by atoms with Gasteiger partial charge in [0.15, 0.2) is 6.10 Å². The molecule has 2 aromatic carbocycles. The van der Waals surface area contributed by atoms with Gasteiger partial charge in [-0.1, -0.05) is 18.2 Å². The Morgan fingerprint density at radius 3 is 2.06 bits per heavy atom. The molecule has 0 unspecified atom stereocenters. The van der Waals surface area contributed by atoms with Gasteiger partial charge in [0.1, 0.15) is 30.3 Å². The van der Waals surface area contributed by atoms with Gasteiger partial charge in [-0.25, -0.2) is 4.79 Å². The Bertz CT molecular complexity index is 975. The lowest BCUT2D eigenvalue weighted by molar-refractivity contribution is -0.284. The van der Waals surface area contributed by atoms with Crippen LogP contribution in [-0.2, 0) is 28.5 Å². The molecule has 10 nitrogen and oxygen atoms in total. The average molecular weight is 474 g/mol. The lowest BCUT2D eigenvalue weighted by Gasteiger charge is -2.42. The first-order valence-electron chi connectivity index (χ1n) is 10.5. The summed E-state index contributed by atoms with van der Waals surface area (Å²) in [6, 6.07) is 14.8. The fraction of sp³-hybridized carbons (Fsp3) is 0.375. The highest BCUT2D eigenvalue weighted by molar-refractivity contribution is 5.89. The first-order valence-corrected chi connectivity index (χ1v) is 10.5. The van der Waals surface area contributed by atoms with Crippen LogP contribution in [0.2, 0.25) is 0 Å². The van der Waals surface area contributed by atoms with Gasteiger partial charge in [-0.2, -0.15) is 0 Å². The molecule has 1 saturated heterocycles. The first-order chi connectivity index (χ1) is 16.3. The molecule has 2 aromatic rings. The number of rotatable bonds is 8. The number of methoxy groups -OCH3 is 1. The van der Waals surface area contributed by atoms with Crippen LogP contribution in [0.15, 0.2) is 54.6 Å². The first kappa shape index (κ1) is 25.0. The van der Waals surface area contributed by atoms with Crippen LogP contribution in [0.3, 0.4) is 0 Å². The molecule has 1 aliphatic rings. The fourth-order valence-corrected chi connectivity index (χ4v) is 3.37. The van der Waals surface area contributed by atoms with E-state index >= 15 is 0 Å². The standard InChI is InChI=1S/C24H26O10/c1-14(25)31-21-20(27)19(13-30-23(28)16-7-5-4-6-8-16)34-24(22(21)32-15(2)26)33-18-11-9-17(29-3)10-12-18/h4-12,19-22,24,27H,13H2,1-3H3/t19-,20-,21+,22-,24-/m1/s1. The van der Waals surface area contributed by atoms with Gasteiger partial charge in [-0.05, 0) is 36.4 Å². The maximum Gasteiger partial charge on any atom is 0.338 e. The zero-order valence-electron chi connectivity index (χ0n) is 18.9. The number of aliphatic hydroxyl groups excluding tert-OH is 1. The quantitative estimate of drug-likeness (QED) is 0.447. The van der Waals surface area contributed by atoms with Gasteiger partial charge in [0.25, 0.3) is 0 Å². The third-order valence-electron chi connectivity index (χ3n) is 4.92. The summed E-state index contributed by atoms with van der Waals surface area (Å²) in [5, 5.41) is 10.8. The van der Waals surface area contributed by atoms with E-state index in [1.807, 2.05) is 0 Å². The van der Waals surface area contributed by atoms with E-state index in [1.165, 1.54) is 7.11 Å². The average Bonchev–Trinajstić information content (AvgIpc) is 2.82. The van der Waals surface area contributed by atoms with E-state index in [9.17, 15) is 19.5 Å². The van der Waals surface area contributed by atoms with Gasteiger partial charge in [-0.15, -0.1) is 0 Å². The molecular formula is C24H26O10. The Morgan fingerprint density at radius 1 is 0.882 bits per heavy atom. The highest BCUT2D eigenvalue weighted by Crippen LogP contribution is 2.29.